The molecule has 2 heterocycles. The van der Waals surface area contributed by atoms with Crippen molar-refractivity contribution in [2.45, 2.75) is 265 Å². The van der Waals surface area contributed by atoms with E-state index in [9.17, 15) is 0 Å². The molecule has 0 fully saturated rings. The third-order valence-corrected chi connectivity index (χ3v) is 27.3. The molecule has 0 aliphatic rings. The van der Waals surface area contributed by atoms with Crippen molar-refractivity contribution in [2.75, 3.05) is 9.80 Å². The normalized spacial score (nSPS) is 12.0. The van der Waals surface area contributed by atoms with E-state index >= 15 is 0 Å². The molecule has 2 aromatic heterocycles. The monoisotopic (exact) mass is 1840 g/mol. The molecule has 0 N–H and O–H groups in total. The van der Waals surface area contributed by atoms with Crippen molar-refractivity contribution in [1.29, 1.82) is 0 Å². The number of nitrogens with zero attached hydrogens (tertiary/aromatic N) is 4. The van der Waals surface area contributed by atoms with E-state index in [1.807, 2.05) is 13.0 Å². The van der Waals surface area contributed by atoms with Gasteiger partial charge in [-0.1, -0.05) is 355 Å². The lowest BCUT2D eigenvalue weighted by Crippen LogP contribution is -2.21. The van der Waals surface area contributed by atoms with E-state index in [2.05, 4.69) is 518 Å². The van der Waals surface area contributed by atoms with Crippen molar-refractivity contribution >= 4 is 83.4 Å². The summed E-state index contributed by atoms with van der Waals surface area (Å²) in [5.74, 6) is 0. The number of rotatable bonds is 26. The molecule has 4 heteroatoms. The summed E-state index contributed by atoms with van der Waals surface area (Å²) in [6, 6.07) is 121. The maximum atomic E-state index is 4.27. The molecule has 0 spiro atoms. The van der Waals surface area contributed by atoms with E-state index in [4.69, 9.17) is 0 Å². The zero-order valence-corrected chi connectivity index (χ0v) is 88.8. The summed E-state index contributed by atoms with van der Waals surface area (Å²) in [6.45, 7) is 58.3. The third kappa shape index (κ3) is 25.5. The molecular formula is C136H154N4. The summed E-state index contributed by atoms with van der Waals surface area (Å²) in [6.07, 6.45) is 20.8. The van der Waals surface area contributed by atoms with E-state index in [1.54, 1.807) is 0 Å². The van der Waals surface area contributed by atoms with E-state index < -0.39 is 0 Å². The van der Waals surface area contributed by atoms with Gasteiger partial charge in [0.15, 0.2) is 0 Å². The minimum absolute atomic E-state index is 0.0496. The number of unbranched alkanes of at least 4 members (excludes halogenated alkanes) is 4. The Kier molecular flexibility index (Phi) is 33.2. The van der Waals surface area contributed by atoms with E-state index in [1.165, 1.54) is 251 Å². The van der Waals surface area contributed by atoms with Gasteiger partial charge in [-0.15, -0.1) is 0 Å². The Morgan fingerprint density at radius 1 is 0.279 bits per heavy atom. The lowest BCUT2D eigenvalue weighted by molar-refractivity contribution is 0.568. The van der Waals surface area contributed by atoms with Crippen LogP contribution in [0.1, 0.15) is 254 Å². The van der Waals surface area contributed by atoms with Gasteiger partial charge >= 0.3 is 0 Å². The first-order chi connectivity index (χ1) is 66.9. The van der Waals surface area contributed by atoms with Crippen LogP contribution in [0.5, 0.6) is 0 Å². The molecule has 0 aliphatic heterocycles. The van der Waals surface area contributed by atoms with Crippen LogP contribution in [0.25, 0.3) is 99.5 Å². The van der Waals surface area contributed by atoms with Gasteiger partial charge in [-0.25, -0.2) is 0 Å². The Morgan fingerprint density at radius 2 is 0.543 bits per heavy atom. The quantitative estimate of drug-likeness (QED) is 0.0503. The van der Waals surface area contributed by atoms with Crippen LogP contribution in [0.2, 0.25) is 0 Å². The van der Waals surface area contributed by atoms with Gasteiger partial charge < -0.3 is 18.9 Å². The number of anilines is 6. The van der Waals surface area contributed by atoms with Gasteiger partial charge in [0.2, 0.25) is 0 Å². The Balaban J connectivity index is 0.000000152. The molecule has 0 amide bonds. The summed E-state index contributed by atoms with van der Waals surface area (Å²) in [5, 5.41) is 5.14. The van der Waals surface area contributed by atoms with Crippen molar-refractivity contribution in [1.82, 2.24) is 9.13 Å². The summed E-state index contributed by atoms with van der Waals surface area (Å²) in [5.41, 5.74) is 44.6. The highest BCUT2D eigenvalue weighted by molar-refractivity contribution is 6.12. The van der Waals surface area contributed by atoms with Gasteiger partial charge in [0.1, 0.15) is 0 Å². The standard InChI is InChI=1S/C40H41N.C40H43N.C36H51N.C20H19N/c1-5-7-9-30-11-15-32(16-12-30)34-19-21-39-37(26-34)38-27-35(33-17-13-31(14-18-33)10-8-6-2)20-22-40(38)41(39)36-24-28(3)23-29(4)25-36;1-5-7-9-32-11-15-34(16-12-32)36-19-23-38(24-20-36)41(40-28-30(3)27-31(4)29-40)39-25-21-37(22-26-39)35-17-13-33(14-18-35)10-8-6-2;1-24-15-25(2)17-30(16-24)37(31-20-26(33(3,4)5)18-27(21-31)34(6,7)8)32-22-28(35(9,10)11)19-29(23-32)36(12,13)14;1-4-9-15(2)14-16(3)21-19-12-7-5-10-17(19)18-11-6-8-13-20(18)21/h11-27H,5-10H2,1-4H3;11-29H,5-10H2,1-4H3;15-23H,1-14H3;4-14H,3H2,1-2H3/b;;;9-4+,15-14-. The Morgan fingerprint density at radius 3 is 0.836 bits per heavy atom. The van der Waals surface area contributed by atoms with Crippen LogP contribution in [0.3, 0.4) is 0 Å². The average Bonchev–Trinajstić information content (AvgIpc) is 1.57. The first-order valence-corrected chi connectivity index (χ1v) is 51.8. The molecule has 17 aromatic rings. The molecule has 718 valence electrons. The SMILES string of the molecule is C=C(/C=C(C)\C=C\C)n1c2ccccc2c2ccccc21.CCCCc1ccc(-c2ccc(N(c3ccc(-c4ccc(CCCC)cc4)cc3)c3cc(C)cc(C)c3)cc2)cc1.CCCCc1ccc(-c2ccc3c(c2)c2cc(-c4ccc(CCCC)cc4)ccc2n3-c2cc(C)cc(C)c2)cc1.Cc1cc(C)cc(N(c2cc(C(C)(C)C)cc(C(C)(C)C)c2)c2cc(C(C)(C)C)cc(C(C)(C)C)c2)c1. The van der Waals surface area contributed by atoms with Crippen molar-refractivity contribution < 1.29 is 0 Å². The van der Waals surface area contributed by atoms with Gasteiger partial charge in [0, 0.05) is 67.1 Å². The summed E-state index contributed by atoms with van der Waals surface area (Å²) >= 11 is 0. The molecule has 0 radical (unpaired) electrons. The van der Waals surface area contributed by atoms with Crippen LogP contribution < -0.4 is 9.80 Å². The largest absolute Gasteiger partial charge is 0.310 e. The highest BCUT2D eigenvalue weighted by atomic mass is 15.1. The van der Waals surface area contributed by atoms with Crippen molar-refractivity contribution in [3.8, 4) is 50.2 Å². The molecule has 0 atom stereocenters. The van der Waals surface area contributed by atoms with Crippen LogP contribution in [-0.4, -0.2) is 9.13 Å². The number of hydrogen-bond donors (Lipinski definition) is 0. The fourth-order valence-corrected chi connectivity index (χ4v) is 19.5. The van der Waals surface area contributed by atoms with E-state index in [0.717, 1.165) is 42.8 Å². The number of benzene rings is 15. The van der Waals surface area contributed by atoms with Gasteiger partial charge in [0.25, 0.3) is 0 Å². The molecule has 4 nitrogen and oxygen atoms in total. The summed E-state index contributed by atoms with van der Waals surface area (Å²) in [7, 11) is 0. The molecule has 0 saturated heterocycles. The second-order valence-corrected chi connectivity index (χ2v) is 43.6. The minimum atomic E-state index is 0.0496. The van der Waals surface area contributed by atoms with Gasteiger partial charge in [0.05, 0.1) is 22.1 Å². The summed E-state index contributed by atoms with van der Waals surface area (Å²) < 4.78 is 4.68. The van der Waals surface area contributed by atoms with Crippen molar-refractivity contribution in [3.63, 3.8) is 0 Å². The molecule has 0 aliphatic carbocycles. The maximum Gasteiger partial charge on any atom is 0.0541 e. The fourth-order valence-electron chi connectivity index (χ4n) is 19.5. The van der Waals surface area contributed by atoms with Gasteiger partial charge in [-0.2, -0.15) is 0 Å². The van der Waals surface area contributed by atoms with Gasteiger partial charge in [-0.05, 0) is 384 Å². The molecule has 0 unspecified atom stereocenters. The first-order valence-electron chi connectivity index (χ1n) is 51.8. The Labute approximate surface area is 841 Å². The highest BCUT2D eigenvalue weighted by Gasteiger charge is 2.29. The maximum absolute atomic E-state index is 4.27. The predicted octanol–water partition coefficient (Wildman–Crippen LogP) is 40.0. The molecule has 140 heavy (non-hydrogen) atoms. The fraction of sp³-hybridized carbons (Fsp3) is 0.294. The summed E-state index contributed by atoms with van der Waals surface area (Å²) in [4.78, 5) is 4.87. The molecule has 15 aromatic carbocycles. The lowest BCUT2D eigenvalue weighted by atomic mass is 9.79. The Hall–Kier alpha value is -13.3. The first kappa shape index (κ1) is 103. The number of hydrogen-bond acceptors (Lipinski definition) is 2. The molecule has 0 bridgehead atoms. The smallest absolute Gasteiger partial charge is 0.0541 e. The second-order valence-electron chi connectivity index (χ2n) is 43.6. The van der Waals surface area contributed by atoms with Crippen LogP contribution in [-0.2, 0) is 47.3 Å². The second kappa shape index (κ2) is 45.3. The number of fused-ring (bicyclic) bond motifs is 6. The minimum Gasteiger partial charge on any atom is -0.310 e. The van der Waals surface area contributed by atoms with Crippen molar-refractivity contribution in [2.24, 2.45) is 0 Å². The van der Waals surface area contributed by atoms with Gasteiger partial charge in [-0.3, -0.25) is 0 Å². The number of aryl methyl sites for hydroxylation is 10. The van der Waals surface area contributed by atoms with Crippen molar-refractivity contribution in [3.05, 3.63) is 430 Å². The number of allylic oxidation sites excluding steroid dienone is 5. The molecule has 17 rings (SSSR count). The average molecular weight is 1840 g/mol. The number of para-hydroxylation sites is 2. The number of aromatic nitrogens is 2. The van der Waals surface area contributed by atoms with Crippen LogP contribution >= 0.6 is 0 Å². The highest BCUT2D eigenvalue weighted by Crippen LogP contribution is 2.46. The third-order valence-electron chi connectivity index (χ3n) is 27.3. The van der Waals surface area contributed by atoms with Crippen LogP contribution in [0.4, 0.5) is 34.1 Å². The zero-order valence-electron chi connectivity index (χ0n) is 88.8. The van der Waals surface area contributed by atoms with E-state index in [0.29, 0.717) is 0 Å². The zero-order chi connectivity index (χ0) is 99.9. The Bertz CT molecular complexity index is 6710. The lowest BCUT2D eigenvalue weighted by Gasteiger charge is -2.34. The van der Waals surface area contributed by atoms with E-state index in [-0.39, 0.29) is 21.7 Å². The molecule has 0 saturated carbocycles. The molecular weight excluding hydrogens is 1690 g/mol. The predicted molar refractivity (Wildman–Crippen MR) is 616 cm³/mol. The topological polar surface area (TPSA) is 16.3 Å². The van der Waals surface area contributed by atoms with Crippen LogP contribution in [0, 0.1) is 41.5 Å². The van der Waals surface area contributed by atoms with Crippen LogP contribution in [0.15, 0.2) is 352 Å².